The number of benzene rings is 1. The number of anilines is 1. The SMILES string of the molecule is O=C1c2cc3c(-c4cncc(-c5ccc(N6CCCC6=O)cc5)c4)ccnc3n2CCN1CC1CC1. The summed E-state index contributed by atoms with van der Waals surface area (Å²) < 4.78 is 2.07. The molecule has 3 aliphatic rings. The summed E-state index contributed by atoms with van der Waals surface area (Å²) in [6.07, 6.45) is 9.57. The van der Waals surface area contributed by atoms with Crippen LogP contribution in [0.1, 0.15) is 36.2 Å². The summed E-state index contributed by atoms with van der Waals surface area (Å²) in [4.78, 5) is 38.4. The fraction of sp³-hybridized carbons (Fsp3) is 0.310. The standard InChI is InChI=1S/C29H27N5O2/c35-27-2-1-11-33(27)23-7-5-20(6-8-23)21-14-22(17-30-16-21)24-9-10-31-28-25(24)15-26-29(36)32(12-13-34(26)28)18-19-3-4-19/h5-10,14-17,19H,1-4,11-13,18H2. The molecule has 3 aromatic heterocycles. The molecule has 0 atom stereocenters. The molecule has 1 saturated carbocycles. The average Bonchev–Trinajstić information content (AvgIpc) is 3.49. The fourth-order valence-electron chi connectivity index (χ4n) is 5.57. The van der Waals surface area contributed by atoms with Crippen molar-refractivity contribution in [1.82, 2.24) is 19.4 Å². The van der Waals surface area contributed by atoms with Gasteiger partial charge in [-0.3, -0.25) is 14.6 Å². The molecule has 0 radical (unpaired) electrons. The van der Waals surface area contributed by atoms with Crippen LogP contribution in [0.15, 0.2) is 61.1 Å². The van der Waals surface area contributed by atoms with Crippen molar-refractivity contribution in [3.05, 3.63) is 66.7 Å². The molecular weight excluding hydrogens is 450 g/mol. The molecule has 1 aliphatic carbocycles. The van der Waals surface area contributed by atoms with Crippen LogP contribution in [0.5, 0.6) is 0 Å². The van der Waals surface area contributed by atoms with Crippen molar-refractivity contribution in [3.8, 4) is 22.3 Å². The number of nitrogens with zero attached hydrogens (tertiary/aromatic N) is 5. The zero-order valence-electron chi connectivity index (χ0n) is 20.1. The Kier molecular flexibility index (Phi) is 4.91. The van der Waals surface area contributed by atoms with Gasteiger partial charge in [0, 0.05) is 73.4 Å². The lowest BCUT2D eigenvalue weighted by molar-refractivity contribution is -0.117. The van der Waals surface area contributed by atoms with E-state index in [0.29, 0.717) is 12.3 Å². The van der Waals surface area contributed by atoms with Crippen LogP contribution in [0.2, 0.25) is 0 Å². The summed E-state index contributed by atoms with van der Waals surface area (Å²) in [7, 11) is 0. The lowest BCUT2D eigenvalue weighted by Gasteiger charge is -2.28. The Morgan fingerprint density at radius 3 is 2.50 bits per heavy atom. The number of hydrogen-bond donors (Lipinski definition) is 0. The van der Waals surface area contributed by atoms with Gasteiger partial charge in [-0.25, -0.2) is 4.98 Å². The highest BCUT2D eigenvalue weighted by molar-refractivity contribution is 6.03. The van der Waals surface area contributed by atoms with E-state index in [-0.39, 0.29) is 11.8 Å². The summed E-state index contributed by atoms with van der Waals surface area (Å²) in [6.45, 7) is 3.18. The second-order valence-electron chi connectivity index (χ2n) is 10.1. The molecule has 7 nitrogen and oxygen atoms in total. The maximum Gasteiger partial charge on any atom is 0.270 e. The van der Waals surface area contributed by atoms with E-state index in [1.807, 2.05) is 64.8 Å². The van der Waals surface area contributed by atoms with Gasteiger partial charge in [0.2, 0.25) is 5.91 Å². The Labute approximate surface area is 209 Å². The lowest BCUT2D eigenvalue weighted by atomic mass is 10.0. The number of amides is 2. The number of hydrogen-bond acceptors (Lipinski definition) is 4. The molecular formula is C29H27N5O2. The summed E-state index contributed by atoms with van der Waals surface area (Å²) >= 11 is 0. The average molecular weight is 478 g/mol. The number of carbonyl (C=O) groups is 2. The van der Waals surface area contributed by atoms with E-state index in [1.165, 1.54) is 12.8 Å². The van der Waals surface area contributed by atoms with Crippen LogP contribution in [-0.4, -0.2) is 50.9 Å². The van der Waals surface area contributed by atoms with E-state index in [4.69, 9.17) is 0 Å². The second-order valence-corrected chi connectivity index (χ2v) is 10.1. The predicted octanol–water partition coefficient (Wildman–Crippen LogP) is 4.76. The zero-order valence-corrected chi connectivity index (χ0v) is 20.1. The van der Waals surface area contributed by atoms with Gasteiger partial charge in [-0.1, -0.05) is 12.1 Å². The van der Waals surface area contributed by atoms with Crippen molar-refractivity contribution in [1.29, 1.82) is 0 Å². The second kappa shape index (κ2) is 8.29. The van der Waals surface area contributed by atoms with Gasteiger partial charge in [0.05, 0.1) is 0 Å². The van der Waals surface area contributed by atoms with Crippen molar-refractivity contribution in [2.45, 2.75) is 32.2 Å². The first-order chi connectivity index (χ1) is 17.7. The maximum atomic E-state index is 13.2. The largest absolute Gasteiger partial charge is 0.335 e. The monoisotopic (exact) mass is 477 g/mol. The van der Waals surface area contributed by atoms with Gasteiger partial charge in [0.1, 0.15) is 11.3 Å². The third-order valence-corrected chi connectivity index (χ3v) is 7.71. The maximum absolute atomic E-state index is 13.2. The minimum Gasteiger partial charge on any atom is -0.335 e. The van der Waals surface area contributed by atoms with Gasteiger partial charge in [-0.05, 0) is 66.6 Å². The summed E-state index contributed by atoms with van der Waals surface area (Å²) in [5.74, 6) is 0.982. The Hall–Kier alpha value is -4.00. The predicted molar refractivity (Wildman–Crippen MR) is 139 cm³/mol. The van der Waals surface area contributed by atoms with Gasteiger partial charge in [0.15, 0.2) is 0 Å². The molecule has 2 fully saturated rings. The topological polar surface area (TPSA) is 71.3 Å². The van der Waals surface area contributed by atoms with Gasteiger partial charge in [-0.15, -0.1) is 0 Å². The summed E-state index contributed by atoms with van der Waals surface area (Å²) in [6, 6.07) is 14.3. The van der Waals surface area contributed by atoms with Crippen LogP contribution in [0.4, 0.5) is 5.69 Å². The number of aromatic nitrogens is 3. The Balaban J connectivity index is 1.23. The molecule has 7 heteroatoms. The van der Waals surface area contributed by atoms with E-state index < -0.39 is 0 Å². The van der Waals surface area contributed by atoms with Crippen molar-refractivity contribution in [3.63, 3.8) is 0 Å². The molecule has 7 rings (SSSR count). The third kappa shape index (κ3) is 3.58. The molecule has 2 aliphatic heterocycles. The smallest absolute Gasteiger partial charge is 0.270 e. The summed E-state index contributed by atoms with van der Waals surface area (Å²) in [5.41, 5.74) is 6.60. The van der Waals surface area contributed by atoms with E-state index in [2.05, 4.69) is 20.6 Å². The van der Waals surface area contributed by atoms with Crippen LogP contribution in [0.25, 0.3) is 33.3 Å². The molecule has 1 aromatic carbocycles. The van der Waals surface area contributed by atoms with Crippen molar-refractivity contribution in [2.24, 2.45) is 5.92 Å². The first kappa shape index (κ1) is 21.3. The lowest BCUT2D eigenvalue weighted by Crippen LogP contribution is -2.41. The van der Waals surface area contributed by atoms with Gasteiger partial charge < -0.3 is 14.4 Å². The van der Waals surface area contributed by atoms with E-state index in [9.17, 15) is 9.59 Å². The third-order valence-electron chi connectivity index (χ3n) is 7.71. The molecule has 4 aromatic rings. The summed E-state index contributed by atoms with van der Waals surface area (Å²) in [5, 5.41) is 0.982. The van der Waals surface area contributed by atoms with E-state index in [1.54, 1.807) is 0 Å². The van der Waals surface area contributed by atoms with Crippen LogP contribution in [0, 0.1) is 5.92 Å². The van der Waals surface area contributed by atoms with Crippen LogP contribution < -0.4 is 4.90 Å². The Bertz CT molecular complexity index is 1500. The number of rotatable bonds is 5. The molecule has 180 valence electrons. The van der Waals surface area contributed by atoms with Crippen LogP contribution in [-0.2, 0) is 11.3 Å². The molecule has 0 bridgehead atoms. The normalized spacial score (nSPS) is 17.8. The quantitative estimate of drug-likeness (QED) is 0.416. The Morgan fingerprint density at radius 1 is 0.889 bits per heavy atom. The van der Waals surface area contributed by atoms with Crippen molar-refractivity contribution < 1.29 is 9.59 Å². The van der Waals surface area contributed by atoms with Gasteiger partial charge in [-0.2, -0.15) is 0 Å². The molecule has 1 saturated heterocycles. The molecule has 0 unspecified atom stereocenters. The first-order valence-electron chi connectivity index (χ1n) is 12.8. The highest BCUT2D eigenvalue weighted by atomic mass is 16.2. The zero-order chi connectivity index (χ0) is 24.2. The van der Waals surface area contributed by atoms with Crippen molar-refractivity contribution in [2.75, 3.05) is 24.5 Å². The van der Waals surface area contributed by atoms with E-state index >= 15 is 0 Å². The highest BCUT2D eigenvalue weighted by Gasteiger charge is 2.32. The Morgan fingerprint density at radius 2 is 1.72 bits per heavy atom. The van der Waals surface area contributed by atoms with Crippen LogP contribution in [0.3, 0.4) is 0 Å². The van der Waals surface area contributed by atoms with Gasteiger partial charge in [0.25, 0.3) is 5.91 Å². The molecule has 0 spiro atoms. The number of pyridine rings is 2. The van der Waals surface area contributed by atoms with Crippen LogP contribution >= 0.6 is 0 Å². The minimum atomic E-state index is 0.112. The number of fused-ring (bicyclic) bond motifs is 3. The molecule has 0 N–H and O–H groups in total. The molecule has 5 heterocycles. The fourth-order valence-corrected chi connectivity index (χ4v) is 5.57. The first-order valence-corrected chi connectivity index (χ1v) is 12.8. The molecule has 36 heavy (non-hydrogen) atoms. The molecule has 2 amide bonds. The van der Waals surface area contributed by atoms with Crippen molar-refractivity contribution >= 4 is 28.5 Å². The highest BCUT2D eigenvalue weighted by Crippen LogP contribution is 2.35. The van der Waals surface area contributed by atoms with Gasteiger partial charge >= 0.3 is 0 Å². The number of carbonyl (C=O) groups excluding carboxylic acids is 2. The minimum absolute atomic E-state index is 0.112. The van der Waals surface area contributed by atoms with E-state index in [0.717, 1.165) is 77.3 Å².